The smallest absolute Gasteiger partial charge is 0.298 e. The van der Waals surface area contributed by atoms with Gasteiger partial charge >= 0.3 is 5.97 Å². The fourth-order valence-corrected chi connectivity index (χ4v) is 0.184. The van der Waals surface area contributed by atoms with Gasteiger partial charge in [0.15, 0.2) is 0 Å². The molecule has 0 N–H and O–H groups in total. The fraction of sp³-hybridized carbons (Fsp3) is 0.833. The minimum Gasteiger partial charge on any atom is -0.298 e. The van der Waals surface area contributed by atoms with E-state index in [9.17, 15) is 4.79 Å². The molecule has 0 aliphatic carbocycles. The first-order valence-electron chi connectivity index (χ1n) is 2.78. The molecule has 0 fully saturated rings. The van der Waals surface area contributed by atoms with Crippen molar-refractivity contribution < 1.29 is 14.6 Å². The molecule has 3 heteroatoms. The van der Waals surface area contributed by atoms with Gasteiger partial charge in [0.1, 0.15) is 5.60 Å². The Kier molecular flexibility index (Phi) is 2.65. The van der Waals surface area contributed by atoms with E-state index in [0.717, 1.165) is 0 Å². The third-order valence-electron chi connectivity index (χ3n) is 0.409. The zero-order chi connectivity index (χ0) is 7.49. The first kappa shape index (κ1) is 8.43. The van der Waals surface area contributed by atoms with Crippen molar-refractivity contribution in [3.63, 3.8) is 0 Å². The molecule has 0 saturated heterocycles. The Labute approximate surface area is 54.9 Å². The normalized spacial score (nSPS) is 11.1. The first-order valence-corrected chi connectivity index (χ1v) is 2.78. The van der Waals surface area contributed by atoms with Crippen LogP contribution in [0.3, 0.4) is 0 Å². The van der Waals surface area contributed by atoms with Crippen LogP contribution in [-0.2, 0) is 14.6 Å². The van der Waals surface area contributed by atoms with Gasteiger partial charge in [-0.3, -0.25) is 4.89 Å². The van der Waals surface area contributed by atoms with Crippen LogP contribution < -0.4 is 0 Å². The van der Waals surface area contributed by atoms with Gasteiger partial charge in [-0.2, -0.15) is 4.89 Å². The van der Waals surface area contributed by atoms with Gasteiger partial charge in [-0.1, -0.05) is 0 Å². The summed E-state index contributed by atoms with van der Waals surface area (Å²) in [6.07, 6.45) is 0. The van der Waals surface area contributed by atoms with E-state index >= 15 is 0 Å². The summed E-state index contributed by atoms with van der Waals surface area (Å²) in [4.78, 5) is 19.1. The topological polar surface area (TPSA) is 35.5 Å². The Morgan fingerprint density at radius 3 is 1.89 bits per heavy atom. The Morgan fingerprint density at radius 2 is 1.78 bits per heavy atom. The lowest BCUT2D eigenvalue weighted by molar-refractivity contribution is -0.318. The van der Waals surface area contributed by atoms with Gasteiger partial charge < -0.3 is 0 Å². The number of rotatable bonds is 1. The lowest BCUT2D eigenvalue weighted by Crippen LogP contribution is -2.20. The highest BCUT2D eigenvalue weighted by Gasteiger charge is 2.12. The summed E-state index contributed by atoms with van der Waals surface area (Å²) in [7, 11) is 0. The van der Waals surface area contributed by atoms with Gasteiger partial charge in [0.25, 0.3) is 0 Å². The number of hydrogen-bond acceptors (Lipinski definition) is 3. The number of carbonyl (C=O) groups excluding carboxylic acids is 1. The number of hydrogen-bond donors (Lipinski definition) is 0. The Bertz CT molecular complexity index is 101. The van der Waals surface area contributed by atoms with Gasteiger partial charge in [-0.05, 0) is 20.8 Å². The molecule has 0 amide bonds. The summed E-state index contributed by atoms with van der Waals surface area (Å²) in [6, 6.07) is 0. The van der Waals surface area contributed by atoms with Gasteiger partial charge in [0.05, 0.1) is 0 Å². The van der Waals surface area contributed by atoms with E-state index in [0.29, 0.717) is 0 Å². The summed E-state index contributed by atoms with van der Waals surface area (Å²) >= 11 is 0. The number of carbonyl (C=O) groups is 1. The molecule has 0 aromatic rings. The molecule has 9 heavy (non-hydrogen) atoms. The predicted molar refractivity (Wildman–Crippen MR) is 32.6 cm³/mol. The third-order valence-corrected chi connectivity index (χ3v) is 0.409. The summed E-state index contributed by atoms with van der Waals surface area (Å²) in [5.41, 5.74) is -0.411. The maximum Gasteiger partial charge on any atom is 0.339 e. The Hall–Kier alpha value is -0.570. The van der Waals surface area contributed by atoms with E-state index in [4.69, 9.17) is 0 Å². The maximum absolute atomic E-state index is 10.1. The molecule has 54 valence electrons. The quantitative estimate of drug-likeness (QED) is 0.398. The standard InChI is InChI=1S/C6H12O3/c1-5(7)8-9-6(2,3)4/h1-4H3. The van der Waals surface area contributed by atoms with Gasteiger partial charge in [-0.15, -0.1) is 0 Å². The Balaban J connectivity index is 3.39. The molecule has 3 nitrogen and oxygen atoms in total. The van der Waals surface area contributed by atoms with Gasteiger partial charge in [0, 0.05) is 6.92 Å². The minimum absolute atomic E-state index is 0.411. The largest absolute Gasteiger partial charge is 0.339 e. The molecule has 0 aliphatic rings. The van der Waals surface area contributed by atoms with Crippen molar-refractivity contribution in [1.82, 2.24) is 0 Å². The highest BCUT2D eigenvalue weighted by Crippen LogP contribution is 2.06. The van der Waals surface area contributed by atoms with Crippen molar-refractivity contribution in [2.75, 3.05) is 0 Å². The monoisotopic (exact) mass is 132 g/mol. The van der Waals surface area contributed by atoms with Crippen LogP contribution in [0.5, 0.6) is 0 Å². The zero-order valence-corrected chi connectivity index (χ0v) is 6.22. The highest BCUT2D eigenvalue weighted by atomic mass is 17.2. The molecule has 0 aliphatic heterocycles. The molecular weight excluding hydrogens is 120 g/mol. The lowest BCUT2D eigenvalue weighted by Gasteiger charge is -2.15. The molecule has 0 unspecified atom stereocenters. The Morgan fingerprint density at radius 1 is 1.33 bits per heavy atom. The summed E-state index contributed by atoms with van der Waals surface area (Å²) in [5, 5.41) is 0. The van der Waals surface area contributed by atoms with E-state index in [-0.39, 0.29) is 0 Å². The van der Waals surface area contributed by atoms with Crippen molar-refractivity contribution in [1.29, 1.82) is 0 Å². The van der Waals surface area contributed by atoms with Crippen molar-refractivity contribution in [3.05, 3.63) is 0 Å². The van der Waals surface area contributed by atoms with Crippen LogP contribution in [0.4, 0.5) is 0 Å². The summed E-state index contributed by atoms with van der Waals surface area (Å²) < 4.78 is 0. The fourth-order valence-electron chi connectivity index (χ4n) is 0.184. The molecule has 0 heterocycles. The molecule has 0 atom stereocenters. The molecule has 0 aromatic heterocycles. The second-order valence-electron chi connectivity index (χ2n) is 2.77. The van der Waals surface area contributed by atoms with Crippen molar-refractivity contribution >= 4 is 5.97 Å². The molecular formula is C6H12O3. The van der Waals surface area contributed by atoms with Crippen molar-refractivity contribution in [3.8, 4) is 0 Å². The predicted octanol–water partition coefficient (Wildman–Crippen LogP) is 1.28. The van der Waals surface area contributed by atoms with E-state index < -0.39 is 11.6 Å². The van der Waals surface area contributed by atoms with Gasteiger partial charge in [0.2, 0.25) is 0 Å². The second-order valence-corrected chi connectivity index (χ2v) is 2.77. The molecule has 0 bridgehead atoms. The molecule has 0 saturated carbocycles. The third kappa shape index (κ3) is 7.43. The van der Waals surface area contributed by atoms with Crippen molar-refractivity contribution in [2.24, 2.45) is 0 Å². The van der Waals surface area contributed by atoms with E-state index in [2.05, 4.69) is 9.78 Å². The summed E-state index contributed by atoms with van der Waals surface area (Å²) in [6.45, 7) is 6.70. The zero-order valence-electron chi connectivity index (χ0n) is 6.22. The highest BCUT2D eigenvalue weighted by molar-refractivity contribution is 5.65. The van der Waals surface area contributed by atoms with E-state index in [1.807, 2.05) is 0 Å². The SMILES string of the molecule is CC(=O)OOC(C)(C)C. The molecule has 0 rings (SSSR count). The maximum atomic E-state index is 10.1. The van der Waals surface area contributed by atoms with Crippen LogP contribution in [0.25, 0.3) is 0 Å². The van der Waals surface area contributed by atoms with Gasteiger partial charge in [-0.25, -0.2) is 4.79 Å². The first-order chi connectivity index (χ1) is 3.92. The molecule has 0 spiro atoms. The average Bonchev–Trinajstić information content (AvgIpc) is 1.59. The van der Waals surface area contributed by atoms with Crippen LogP contribution in [0, 0.1) is 0 Å². The average molecular weight is 132 g/mol. The van der Waals surface area contributed by atoms with E-state index in [1.54, 1.807) is 20.8 Å². The van der Waals surface area contributed by atoms with Crippen LogP contribution >= 0.6 is 0 Å². The summed E-state index contributed by atoms with van der Waals surface area (Å²) in [5.74, 6) is -0.426. The lowest BCUT2D eigenvalue weighted by atomic mass is 10.2. The minimum atomic E-state index is -0.426. The van der Waals surface area contributed by atoms with Crippen LogP contribution in [0.15, 0.2) is 0 Å². The van der Waals surface area contributed by atoms with Crippen LogP contribution in [-0.4, -0.2) is 11.6 Å². The molecule has 0 radical (unpaired) electrons. The second kappa shape index (κ2) is 2.82. The van der Waals surface area contributed by atoms with Crippen LogP contribution in [0.1, 0.15) is 27.7 Å². The molecule has 0 aromatic carbocycles. The van der Waals surface area contributed by atoms with Crippen molar-refractivity contribution in [2.45, 2.75) is 33.3 Å². The van der Waals surface area contributed by atoms with E-state index in [1.165, 1.54) is 6.92 Å². The van der Waals surface area contributed by atoms with Crippen LogP contribution in [0.2, 0.25) is 0 Å².